The zero-order valence-corrected chi connectivity index (χ0v) is 13.6. The fraction of sp³-hybridized carbons (Fsp3) is 0.500. The van der Waals surface area contributed by atoms with Gasteiger partial charge in [-0.2, -0.15) is 0 Å². The second-order valence-electron chi connectivity index (χ2n) is 5.43. The third kappa shape index (κ3) is 3.62. The van der Waals surface area contributed by atoms with Crippen LogP contribution in [0.2, 0.25) is 0 Å². The molecule has 1 unspecified atom stereocenters. The van der Waals surface area contributed by atoms with Crippen LogP contribution >= 0.6 is 22.9 Å². The van der Waals surface area contributed by atoms with Crippen molar-refractivity contribution in [2.75, 3.05) is 6.61 Å². The molecule has 0 amide bonds. The summed E-state index contributed by atoms with van der Waals surface area (Å²) in [7, 11) is 0. The number of alkyl halides is 1. The monoisotopic (exact) mass is 322 g/mol. The van der Waals surface area contributed by atoms with Crippen molar-refractivity contribution < 1.29 is 4.74 Å². The van der Waals surface area contributed by atoms with Crippen LogP contribution in [-0.2, 0) is 11.2 Å². The minimum absolute atomic E-state index is 0.199. The van der Waals surface area contributed by atoms with Crippen molar-refractivity contribution in [2.45, 2.75) is 37.7 Å². The van der Waals surface area contributed by atoms with E-state index in [0.717, 1.165) is 41.4 Å². The molecule has 1 aliphatic rings. The van der Waals surface area contributed by atoms with Crippen LogP contribution in [0, 0.1) is 5.92 Å². The van der Waals surface area contributed by atoms with E-state index in [1.165, 1.54) is 0 Å². The van der Waals surface area contributed by atoms with Crippen LogP contribution in [0.1, 0.15) is 40.7 Å². The van der Waals surface area contributed by atoms with Crippen molar-refractivity contribution in [2.24, 2.45) is 5.92 Å². The molecule has 112 valence electrons. The van der Waals surface area contributed by atoms with Crippen LogP contribution in [-0.4, -0.2) is 22.9 Å². The highest BCUT2D eigenvalue weighted by molar-refractivity contribution is 7.11. The predicted octanol–water partition coefficient (Wildman–Crippen LogP) is 4.22. The summed E-state index contributed by atoms with van der Waals surface area (Å²) in [6, 6.07) is 10.0. The summed E-state index contributed by atoms with van der Waals surface area (Å²) in [6.45, 7) is 2.86. The predicted molar refractivity (Wildman–Crippen MR) is 85.9 cm³/mol. The maximum atomic E-state index is 6.48. The Morgan fingerprint density at radius 3 is 2.76 bits per heavy atom. The molecular formula is C16H19ClN2OS. The molecule has 1 atom stereocenters. The van der Waals surface area contributed by atoms with E-state index in [0.29, 0.717) is 12.0 Å². The normalized spacial score (nSPS) is 22.8. The van der Waals surface area contributed by atoms with Crippen molar-refractivity contribution in [3.63, 3.8) is 0 Å². The minimum Gasteiger partial charge on any atom is -0.378 e. The number of rotatable bonds is 6. The van der Waals surface area contributed by atoms with Gasteiger partial charge in [0.05, 0.1) is 6.10 Å². The maximum Gasteiger partial charge on any atom is 0.139 e. The molecule has 5 heteroatoms. The Labute approximate surface area is 134 Å². The molecule has 1 saturated carbocycles. The summed E-state index contributed by atoms with van der Waals surface area (Å²) in [6.07, 6.45) is 3.74. The molecule has 0 aliphatic heterocycles. The molecule has 0 bridgehead atoms. The van der Waals surface area contributed by atoms with Crippen molar-refractivity contribution in [3.05, 3.63) is 45.9 Å². The Morgan fingerprint density at radius 1 is 1.29 bits per heavy atom. The first kappa shape index (κ1) is 14.9. The van der Waals surface area contributed by atoms with Crippen LogP contribution in [0.4, 0.5) is 0 Å². The maximum absolute atomic E-state index is 6.48. The lowest BCUT2D eigenvalue weighted by Gasteiger charge is -2.34. The highest BCUT2D eigenvalue weighted by Crippen LogP contribution is 2.35. The van der Waals surface area contributed by atoms with E-state index in [4.69, 9.17) is 16.3 Å². The third-order valence-electron chi connectivity index (χ3n) is 3.85. The Balaban J connectivity index is 1.57. The SMILES string of the molecule is CCOC1CC(Cc2nnc(C(Cl)c3ccccc3)s2)C1. The second-order valence-corrected chi connectivity index (χ2v) is 6.96. The third-order valence-corrected chi connectivity index (χ3v) is 5.45. The van der Waals surface area contributed by atoms with E-state index < -0.39 is 0 Å². The summed E-state index contributed by atoms with van der Waals surface area (Å²) in [5.41, 5.74) is 1.07. The number of nitrogens with zero attached hydrogens (tertiary/aromatic N) is 2. The fourth-order valence-corrected chi connectivity index (χ4v) is 3.96. The van der Waals surface area contributed by atoms with Gasteiger partial charge in [0.1, 0.15) is 15.4 Å². The van der Waals surface area contributed by atoms with Crippen molar-refractivity contribution in [1.29, 1.82) is 0 Å². The van der Waals surface area contributed by atoms with Gasteiger partial charge in [0, 0.05) is 13.0 Å². The standard InChI is InChI=1S/C16H19ClN2OS/c1-2-20-13-8-11(9-13)10-14-18-19-16(21-14)15(17)12-6-4-3-5-7-12/h3-7,11,13,15H,2,8-10H2,1H3. The summed E-state index contributed by atoms with van der Waals surface area (Å²) < 4.78 is 5.59. The smallest absolute Gasteiger partial charge is 0.139 e. The van der Waals surface area contributed by atoms with Gasteiger partial charge in [0.2, 0.25) is 0 Å². The Bertz CT molecular complexity index is 569. The minimum atomic E-state index is -0.199. The topological polar surface area (TPSA) is 35.0 Å². The molecule has 0 N–H and O–H groups in total. The van der Waals surface area contributed by atoms with Gasteiger partial charge in [-0.3, -0.25) is 0 Å². The number of benzene rings is 1. The van der Waals surface area contributed by atoms with Gasteiger partial charge in [-0.1, -0.05) is 41.7 Å². The molecular weight excluding hydrogens is 304 g/mol. The van der Waals surface area contributed by atoms with Gasteiger partial charge >= 0.3 is 0 Å². The number of halogens is 1. The van der Waals surface area contributed by atoms with Crippen molar-refractivity contribution in [3.8, 4) is 0 Å². The van der Waals surface area contributed by atoms with Crippen LogP contribution < -0.4 is 0 Å². The Kier molecular flexibility index (Phi) is 4.88. The first-order chi connectivity index (χ1) is 10.3. The average molecular weight is 323 g/mol. The van der Waals surface area contributed by atoms with E-state index in [1.54, 1.807) is 11.3 Å². The molecule has 1 heterocycles. The zero-order chi connectivity index (χ0) is 14.7. The lowest BCUT2D eigenvalue weighted by Crippen LogP contribution is -2.32. The van der Waals surface area contributed by atoms with Crippen molar-refractivity contribution >= 4 is 22.9 Å². The molecule has 0 radical (unpaired) electrons. The van der Waals surface area contributed by atoms with Gasteiger partial charge in [0.15, 0.2) is 0 Å². The summed E-state index contributed by atoms with van der Waals surface area (Å²) >= 11 is 8.11. The van der Waals surface area contributed by atoms with E-state index in [9.17, 15) is 0 Å². The molecule has 2 aromatic rings. The molecule has 1 aliphatic carbocycles. The van der Waals surface area contributed by atoms with E-state index in [1.807, 2.05) is 30.3 Å². The zero-order valence-electron chi connectivity index (χ0n) is 12.0. The van der Waals surface area contributed by atoms with E-state index in [-0.39, 0.29) is 5.38 Å². The first-order valence-electron chi connectivity index (χ1n) is 7.39. The quantitative estimate of drug-likeness (QED) is 0.747. The molecule has 0 spiro atoms. The molecule has 0 saturated heterocycles. The molecule has 3 nitrogen and oxygen atoms in total. The highest BCUT2D eigenvalue weighted by atomic mass is 35.5. The van der Waals surface area contributed by atoms with Gasteiger partial charge < -0.3 is 4.74 Å². The molecule has 1 aromatic carbocycles. The van der Waals surface area contributed by atoms with Crippen LogP contribution in [0.3, 0.4) is 0 Å². The van der Waals surface area contributed by atoms with Crippen LogP contribution in [0.15, 0.2) is 30.3 Å². The number of hydrogen-bond donors (Lipinski definition) is 0. The second kappa shape index (κ2) is 6.86. The fourth-order valence-electron chi connectivity index (χ4n) is 2.68. The van der Waals surface area contributed by atoms with Gasteiger partial charge in [0.25, 0.3) is 0 Å². The van der Waals surface area contributed by atoms with Gasteiger partial charge in [-0.05, 0) is 31.2 Å². The van der Waals surface area contributed by atoms with E-state index in [2.05, 4.69) is 17.1 Å². The largest absolute Gasteiger partial charge is 0.378 e. The molecule has 1 aromatic heterocycles. The van der Waals surface area contributed by atoms with Crippen LogP contribution in [0.5, 0.6) is 0 Å². The summed E-state index contributed by atoms with van der Waals surface area (Å²) in [4.78, 5) is 0. The first-order valence-corrected chi connectivity index (χ1v) is 8.64. The Hall–Kier alpha value is -0.970. The lowest BCUT2D eigenvalue weighted by atomic mass is 9.80. The lowest BCUT2D eigenvalue weighted by molar-refractivity contribution is -0.0240. The van der Waals surface area contributed by atoms with Crippen molar-refractivity contribution in [1.82, 2.24) is 10.2 Å². The number of hydrogen-bond acceptors (Lipinski definition) is 4. The summed E-state index contributed by atoms with van der Waals surface area (Å²) in [5.74, 6) is 0.688. The average Bonchev–Trinajstić information content (AvgIpc) is 2.94. The highest BCUT2D eigenvalue weighted by Gasteiger charge is 2.30. The molecule has 1 fully saturated rings. The number of ether oxygens (including phenoxy) is 1. The molecule has 3 rings (SSSR count). The van der Waals surface area contributed by atoms with Crippen LogP contribution in [0.25, 0.3) is 0 Å². The van der Waals surface area contributed by atoms with E-state index >= 15 is 0 Å². The summed E-state index contributed by atoms with van der Waals surface area (Å²) in [5, 5.41) is 10.3. The molecule has 21 heavy (non-hydrogen) atoms. The van der Waals surface area contributed by atoms with Gasteiger partial charge in [-0.25, -0.2) is 0 Å². The Morgan fingerprint density at radius 2 is 2.05 bits per heavy atom. The van der Waals surface area contributed by atoms with Gasteiger partial charge in [-0.15, -0.1) is 21.8 Å². The number of aromatic nitrogens is 2.